The van der Waals surface area contributed by atoms with E-state index in [2.05, 4.69) is 10.4 Å². The van der Waals surface area contributed by atoms with Crippen molar-refractivity contribution in [3.8, 4) is 5.69 Å². The van der Waals surface area contributed by atoms with Crippen molar-refractivity contribution in [1.29, 1.82) is 0 Å². The number of para-hydroxylation sites is 1. The van der Waals surface area contributed by atoms with Gasteiger partial charge in [-0.15, -0.1) is 0 Å². The number of ether oxygens (including phenoxy) is 1. The highest BCUT2D eigenvalue weighted by molar-refractivity contribution is 6.33. The normalized spacial score (nSPS) is 17.6. The lowest BCUT2D eigenvalue weighted by Crippen LogP contribution is -2.16. The number of anilines is 1. The van der Waals surface area contributed by atoms with Gasteiger partial charge in [-0.3, -0.25) is 4.79 Å². The molecule has 3 rings (SSSR count). The smallest absolute Gasteiger partial charge is 0.224 e. The molecular formula is C16H18ClN3O2. The summed E-state index contributed by atoms with van der Waals surface area (Å²) >= 11 is 6.25. The molecule has 1 aromatic heterocycles. The Hall–Kier alpha value is -1.85. The van der Waals surface area contributed by atoms with E-state index in [-0.39, 0.29) is 12.0 Å². The predicted octanol–water partition coefficient (Wildman–Crippen LogP) is 3.42. The summed E-state index contributed by atoms with van der Waals surface area (Å²) in [5, 5.41) is 7.65. The van der Waals surface area contributed by atoms with E-state index in [1.807, 2.05) is 18.2 Å². The number of benzene rings is 1. The van der Waals surface area contributed by atoms with Crippen molar-refractivity contribution in [1.82, 2.24) is 9.78 Å². The van der Waals surface area contributed by atoms with Crippen LogP contribution in [0.5, 0.6) is 0 Å². The Balaban J connectivity index is 1.69. The Labute approximate surface area is 134 Å². The maximum Gasteiger partial charge on any atom is 0.224 e. The summed E-state index contributed by atoms with van der Waals surface area (Å²) in [7, 11) is 0. The van der Waals surface area contributed by atoms with Crippen molar-refractivity contribution < 1.29 is 9.53 Å². The Bertz CT molecular complexity index is 637. The number of hydrogen-bond acceptors (Lipinski definition) is 3. The van der Waals surface area contributed by atoms with Gasteiger partial charge in [-0.05, 0) is 37.5 Å². The average Bonchev–Trinajstić information content (AvgIpc) is 3.19. The third-order valence-corrected chi connectivity index (χ3v) is 4.02. The highest BCUT2D eigenvalue weighted by Gasteiger charge is 2.18. The molecule has 1 amide bonds. The van der Waals surface area contributed by atoms with E-state index < -0.39 is 0 Å². The zero-order valence-electron chi connectivity index (χ0n) is 12.2. The van der Waals surface area contributed by atoms with Crippen LogP contribution in [0.1, 0.15) is 25.7 Å². The molecule has 1 aliphatic rings. The molecule has 1 atom stereocenters. The first-order valence-corrected chi connectivity index (χ1v) is 7.82. The second kappa shape index (κ2) is 6.94. The molecule has 1 aliphatic heterocycles. The largest absolute Gasteiger partial charge is 0.378 e. The maximum absolute atomic E-state index is 12.2. The van der Waals surface area contributed by atoms with Crippen LogP contribution in [0.2, 0.25) is 5.02 Å². The summed E-state index contributed by atoms with van der Waals surface area (Å²) in [4.78, 5) is 12.2. The summed E-state index contributed by atoms with van der Waals surface area (Å²) < 4.78 is 7.19. The lowest BCUT2D eigenvalue weighted by Gasteiger charge is -2.13. The highest BCUT2D eigenvalue weighted by atomic mass is 35.5. The second-order valence-corrected chi connectivity index (χ2v) is 5.72. The standard InChI is InChI=1S/C16H18ClN3O2/c17-13-5-1-6-14(16(13)20-10-3-9-18-20)19-15(21)8-7-12-4-2-11-22-12/h1,3,5-6,9-10,12H,2,4,7-8,11H2,(H,19,21). The average molecular weight is 320 g/mol. The van der Waals surface area contributed by atoms with Gasteiger partial charge >= 0.3 is 0 Å². The minimum Gasteiger partial charge on any atom is -0.378 e. The van der Waals surface area contributed by atoms with Crippen LogP contribution in [0.15, 0.2) is 36.7 Å². The van der Waals surface area contributed by atoms with E-state index >= 15 is 0 Å². The first-order valence-electron chi connectivity index (χ1n) is 7.44. The quantitative estimate of drug-likeness (QED) is 0.918. The third kappa shape index (κ3) is 3.48. The lowest BCUT2D eigenvalue weighted by atomic mass is 10.1. The third-order valence-electron chi connectivity index (χ3n) is 3.71. The zero-order chi connectivity index (χ0) is 15.4. The number of hydrogen-bond donors (Lipinski definition) is 1. The molecule has 116 valence electrons. The Morgan fingerprint density at radius 3 is 3.09 bits per heavy atom. The molecule has 1 N–H and O–H groups in total. The summed E-state index contributed by atoms with van der Waals surface area (Å²) in [6, 6.07) is 7.23. The molecule has 0 spiro atoms. The van der Waals surface area contributed by atoms with Gasteiger partial charge in [0.05, 0.1) is 16.8 Å². The molecule has 1 saturated heterocycles. The minimum absolute atomic E-state index is 0.0360. The van der Waals surface area contributed by atoms with Crippen LogP contribution in [0.25, 0.3) is 5.69 Å². The van der Waals surface area contributed by atoms with Crippen LogP contribution in [-0.2, 0) is 9.53 Å². The van der Waals surface area contributed by atoms with Crippen LogP contribution < -0.4 is 5.32 Å². The fourth-order valence-corrected chi connectivity index (χ4v) is 2.89. The van der Waals surface area contributed by atoms with Crippen molar-refractivity contribution in [2.24, 2.45) is 0 Å². The molecule has 1 aromatic carbocycles. The zero-order valence-corrected chi connectivity index (χ0v) is 12.9. The van der Waals surface area contributed by atoms with E-state index in [1.165, 1.54) is 0 Å². The van der Waals surface area contributed by atoms with Gasteiger partial charge in [0.2, 0.25) is 5.91 Å². The number of nitrogens with zero attached hydrogens (tertiary/aromatic N) is 2. The Morgan fingerprint density at radius 2 is 2.36 bits per heavy atom. The van der Waals surface area contributed by atoms with Crippen LogP contribution in [-0.4, -0.2) is 28.4 Å². The summed E-state index contributed by atoms with van der Waals surface area (Å²) in [6.45, 7) is 0.810. The molecule has 6 heteroatoms. The topological polar surface area (TPSA) is 56.1 Å². The van der Waals surface area contributed by atoms with Gasteiger partial charge in [-0.2, -0.15) is 5.10 Å². The SMILES string of the molecule is O=C(CCC1CCCO1)Nc1cccc(Cl)c1-n1cccn1. The Kier molecular flexibility index (Phi) is 4.75. The van der Waals surface area contributed by atoms with Gasteiger partial charge < -0.3 is 10.1 Å². The van der Waals surface area contributed by atoms with Gasteiger partial charge in [-0.1, -0.05) is 17.7 Å². The van der Waals surface area contributed by atoms with Crippen LogP contribution in [0.3, 0.4) is 0 Å². The Morgan fingerprint density at radius 1 is 1.45 bits per heavy atom. The van der Waals surface area contributed by atoms with Crippen LogP contribution in [0, 0.1) is 0 Å². The molecule has 0 saturated carbocycles. The molecular weight excluding hydrogens is 302 g/mol. The molecule has 5 nitrogen and oxygen atoms in total. The van der Waals surface area contributed by atoms with Crippen molar-refractivity contribution >= 4 is 23.2 Å². The van der Waals surface area contributed by atoms with Crippen molar-refractivity contribution in [3.05, 3.63) is 41.7 Å². The van der Waals surface area contributed by atoms with Crippen LogP contribution >= 0.6 is 11.6 Å². The van der Waals surface area contributed by atoms with Gasteiger partial charge in [0, 0.05) is 25.4 Å². The van der Waals surface area contributed by atoms with Crippen molar-refractivity contribution in [3.63, 3.8) is 0 Å². The fourth-order valence-electron chi connectivity index (χ4n) is 2.63. The van der Waals surface area contributed by atoms with Gasteiger partial charge in [0.25, 0.3) is 0 Å². The lowest BCUT2D eigenvalue weighted by molar-refractivity contribution is -0.116. The number of carbonyl (C=O) groups excluding carboxylic acids is 1. The highest BCUT2D eigenvalue weighted by Crippen LogP contribution is 2.28. The van der Waals surface area contributed by atoms with E-state index in [4.69, 9.17) is 16.3 Å². The molecule has 0 aliphatic carbocycles. The first kappa shape index (κ1) is 15.1. The molecule has 0 radical (unpaired) electrons. The fraction of sp³-hybridized carbons (Fsp3) is 0.375. The van der Waals surface area contributed by atoms with E-state index in [0.29, 0.717) is 22.8 Å². The number of halogens is 1. The number of nitrogens with one attached hydrogen (secondary N) is 1. The molecule has 0 bridgehead atoms. The van der Waals surface area contributed by atoms with E-state index in [1.54, 1.807) is 23.1 Å². The monoisotopic (exact) mass is 319 g/mol. The number of carbonyl (C=O) groups is 1. The van der Waals surface area contributed by atoms with Crippen LogP contribution in [0.4, 0.5) is 5.69 Å². The second-order valence-electron chi connectivity index (χ2n) is 5.31. The summed E-state index contributed by atoms with van der Waals surface area (Å²) in [5.41, 5.74) is 1.34. The first-order chi connectivity index (χ1) is 10.7. The van der Waals surface area contributed by atoms with Gasteiger partial charge in [-0.25, -0.2) is 4.68 Å². The molecule has 22 heavy (non-hydrogen) atoms. The number of aromatic nitrogens is 2. The number of rotatable bonds is 5. The van der Waals surface area contributed by atoms with Crippen molar-refractivity contribution in [2.75, 3.05) is 11.9 Å². The van der Waals surface area contributed by atoms with Crippen molar-refractivity contribution in [2.45, 2.75) is 31.8 Å². The predicted molar refractivity (Wildman–Crippen MR) is 85.4 cm³/mol. The molecule has 2 heterocycles. The van der Waals surface area contributed by atoms with Gasteiger partial charge in [0.15, 0.2) is 0 Å². The molecule has 1 unspecified atom stereocenters. The molecule has 2 aromatic rings. The van der Waals surface area contributed by atoms with E-state index in [9.17, 15) is 4.79 Å². The minimum atomic E-state index is -0.0360. The van der Waals surface area contributed by atoms with Gasteiger partial charge in [0.1, 0.15) is 5.69 Å². The number of amides is 1. The molecule has 1 fully saturated rings. The summed E-state index contributed by atoms with van der Waals surface area (Å²) in [6.07, 6.45) is 7.01. The maximum atomic E-state index is 12.2. The van der Waals surface area contributed by atoms with E-state index in [0.717, 1.165) is 25.9 Å². The summed E-state index contributed by atoms with van der Waals surface area (Å²) in [5.74, 6) is -0.0360.